The van der Waals surface area contributed by atoms with Crippen LogP contribution in [-0.2, 0) is 10.0 Å². The molecule has 0 N–H and O–H groups in total. The average Bonchev–Trinajstić information content (AvgIpc) is 2.37. The van der Waals surface area contributed by atoms with Crippen LogP contribution < -0.4 is 0 Å². The fourth-order valence-corrected chi connectivity index (χ4v) is 3.97. The molecule has 0 aliphatic rings. The van der Waals surface area contributed by atoms with Gasteiger partial charge in [0.2, 0.25) is 10.0 Å². The second-order valence-electron chi connectivity index (χ2n) is 4.75. The van der Waals surface area contributed by atoms with Crippen LogP contribution in [0.5, 0.6) is 0 Å². The molecule has 1 aromatic carbocycles. The molecule has 0 heterocycles. The van der Waals surface area contributed by atoms with Gasteiger partial charge in [-0.1, -0.05) is 36.7 Å². The molecule has 0 saturated heterocycles. The summed E-state index contributed by atoms with van der Waals surface area (Å²) in [6.07, 6.45) is 0. The summed E-state index contributed by atoms with van der Waals surface area (Å²) in [5.74, 6) is 0.294. The van der Waals surface area contributed by atoms with Gasteiger partial charge in [-0.2, -0.15) is 4.31 Å². The Kier molecular flexibility index (Phi) is 6.12. The Morgan fingerprint density at radius 3 is 2.37 bits per heavy atom. The van der Waals surface area contributed by atoms with E-state index in [-0.39, 0.29) is 17.7 Å². The van der Waals surface area contributed by atoms with E-state index in [9.17, 15) is 8.42 Å². The highest BCUT2D eigenvalue weighted by Crippen LogP contribution is 2.28. The number of rotatable bonds is 6. The topological polar surface area (TPSA) is 37.4 Å². The second-order valence-corrected chi connectivity index (χ2v) is 7.54. The van der Waals surface area contributed by atoms with Gasteiger partial charge in [0.05, 0.1) is 5.75 Å². The summed E-state index contributed by atoms with van der Waals surface area (Å²) < 4.78 is 25.9. The van der Waals surface area contributed by atoms with E-state index >= 15 is 0 Å². The Hall–Kier alpha value is -0.290. The van der Waals surface area contributed by atoms with Gasteiger partial charge in [-0.05, 0) is 24.5 Å². The molecule has 0 aromatic heterocycles. The van der Waals surface area contributed by atoms with E-state index < -0.39 is 10.0 Å². The van der Waals surface area contributed by atoms with Crippen LogP contribution >= 0.6 is 23.2 Å². The van der Waals surface area contributed by atoms with Gasteiger partial charge in [-0.25, -0.2) is 8.42 Å². The summed E-state index contributed by atoms with van der Waals surface area (Å²) in [5, 5.41) is 0.572. The van der Waals surface area contributed by atoms with E-state index in [1.54, 1.807) is 13.1 Å². The van der Waals surface area contributed by atoms with Crippen LogP contribution in [0.1, 0.15) is 25.5 Å². The van der Waals surface area contributed by atoms with Crippen molar-refractivity contribution in [2.24, 2.45) is 5.92 Å². The Morgan fingerprint density at radius 2 is 1.84 bits per heavy atom. The predicted octanol–water partition coefficient (Wildman–Crippen LogP) is 3.54. The lowest BCUT2D eigenvalue weighted by atomic mass is 10.1. The minimum Gasteiger partial charge on any atom is -0.212 e. The highest BCUT2D eigenvalue weighted by molar-refractivity contribution is 7.89. The number of alkyl halides is 1. The Morgan fingerprint density at radius 1 is 1.26 bits per heavy atom. The molecule has 2 atom stereocenters. The molecule has 19 heavy (non-hydrogen) atoms. The molecule has 6 heteroatoms. The summed E-state index contributed by atoms with van der Waals surface area (Å²) in [7, 11) is -1.77. The maximum atomic E-state index is 12.3. The molecule has 0 aliphatic heterocycles. The van der Waals surface area contributed by atoms with E-state index in [0.717, 1.165) is 5.56 Å². The van der Waals surface area contributed by atoms with Crippen molar-refractivity contribution in [1.29, 1.82) is 0 Å². The molecule has 0 amide bonds. The molecule has 0 bridgehead atoms. The van der Waals surface area contributed by atoms with Gasteiger partial charge >= 0.3 is 0 Å². The van der Waals surface area contributed by atoms with Gasteiger partial charge in [0.25, 0.3) is 0 Å². The minimum atomic E-state index is -3.35. The number of halogens is 2. The van der Waals surface area contributed by atoms with Crippen LogP contribution in [0.4, 0.5) is 0 Å². The fourth-order valence-electron chi connectivity index (χ4n) is 1.77. The van der Waals surface area contributed by atoms with Crippen LogP contribution in [0.25, 0.3) is 0 Å². The van der Waals surface area contributed by atoms with Crippen molar-refractivity contribution in [3.63, 3.8) is 0 Å². The molecule has 108 valence electrons. The third-order valence-corrected chi connectivity index (χ3v) is 6.15. The van der Waals surface area contributed by atoms with Crippen LogP contribution in [0.2, 0.25) is 5.02 Å². The number of sulfonamides is 1. The summed E-state index contributed by atoms with van der Waals surface area (Å²) in [6, 6.07) is 6.96. The zero-order valence-corrected chi connectivity index (χ0v) is 13.6. The van der Waals surface area contributed by atoms with Gasteiger partial charge in [0.1, 0.15) is 0 Å². The van der Waals surface area contributed by atoms with Gasteiger partial charge in [0, 0.05) is 24.0 Å². The number of hydrogen-bond acceptors (Lipinski definition) is 2. The van der Waals surface area contributed by atoms with Crippen LogP contribution in [0, 0.1) is 5.92 Å². The highest BCUT2D eigenvalue weighted by atomic mass is 35.5. The van der Waals surface area contributed by atoms with E-state index in [1.165, 1.54) is 4.31 Å². The lowest BCUT2D eigenvalue weighted by molar-refractivity contribution is 0.395. The number of hydrogen-bond donors (Lipinski definition) is 0. The van der Waals surface area contributed by atoms with E-state index in [0.29, 0.717) is 10.9 Å². The molecular formula is C13H19Cl2NO2S. The lowest BCUT2D eigenvalue weighted by Gasteiger charge is -2.26. The molecule has 3 nitrogen and oxygen atoms in total. The highest BCUT2D eigenvalue weighted by Gasteiger charge is 2.26. The average molecular weight is 324 g/mol. The van der Waals surface area contributed by atoms with Crippen molar-refractivity contribution in [3.8, 4) is 0 Å². The normalized spacial score (nSPS) is 15.5. The Balaban J connectivity index is 2.94. The zero-order chi connectivity index (χ0) is 14.6. The van der Waals surface area contributed by atoms with Gasteiger partial charge in [-0.15, -0.1) is 11.6 Å². The molecule has 1 aromatic rings. The van der Waals surface area contributed by atoms with E-state index in [2.05, 4.69) is 0 Å². The largest absolute Gasteiger partial charge is 0.214 e. The van der Waals surface area contributed by atoms with Crippen molar-refractivity contribution >= 4 is 33.2 Å². The third-order valence-electron chi connectivity index (χ3n) is 3.10. The zero-order valence-electron chi connectivity index (χ0n) is 11.3. The van der Waals surface area contributed by atoms with Gasteiger partial charge < -0.3 is 0 Å². The van der Waals surface area contributed by atoms with Crippen LogP contribution in [0.15, 0.2) is 24.3 Å². The molecule has 0 fully saturated rings. The van der Waals surface area contributed by atoms with Crippen LogP contribution in [-0.4, -0.2) is 31.4 Å². The van der Waals surface area contributed by atoms with Crippen molar-refractivity contribution in [2.45, 2.75) is 19.9 Å². The smallest absolute Gasteiger partial charge is 0.212 e. The molecule has 0 saturated carbocycles. The standard InChI is InChI=1S/C13H19Cl2NO2S/c1-10(8-14)9-19(17,18)16(3)11(2)12-6-4-5-7-13(12)15/h4-7,10-11H,8-9H2,1-3H3. The Labute approximate surface area is 125 Å². The molecule has 1 rings (SSSR count). The van der Waals surface area contributed by atoms with Gasteiger partial charge in [-0.3, -0.25) is 0 Å². The summed E-state index contributed by atoms with van der Waals surface area (Å²) >= 11 is 11.8. The van der Waals surface area contributed by atoms with E-state index in [4.69, 9.17) is 23.2 Å². The second kappa shape index (κ2) is 6.93. The minimum absolute atomic E-state index is 0.0434. The van der Waals surface area contributed by atoms with Crippen molar-refractivity contribution in [3.05, 3.63) is 34.9 Å². The summed E-state index contributed by atoms with van der Waals surface area (Å²) in [6.45, 7) is 3.64. The molecule has 2 unspecified atom stereocenters. The fraction of sp³-hybridized carbons (Fsp3) is 0.538. The lowest BCUT2D eigenvalue weighted by Crippen LogP contribution is -2.34. The Bertz CT molecular complexity index is 519. The molecular weight excluding hydrogens is 305 g/mol. The summed E-state index contributed by atoms with van der Waals surface area (Å²) in [5.41, 5.74) is 0.800. The van der Waals surface area contributed by atoms with Crippen molar-refractivity contribution in [1.82, 2.24) is 4.31 Å². The molecule has 0 radical (unpaired) electrons. The first-order valence-corrected chi connectivity index (χ1v) is 8.58. The SMILES string of the molecule is CC(CCl)CS(=O)(=O)N(C)C(C)c1ccccc1Cl. The van der Waals surface area contributed by atoms with Crippen molar-refractivity contribution < 1.29 is 8.42 Å². The summed E-state index contributed by atoms with van der Waals surface area (Å²) in [4.78, 5) is 0. The van der Waals surface area contributed by atoms with Gasteiger partial charge in [0.15, 0.2) is 0 Å². The third kappa shape index (κ3) is 4.35. The molecule has 0 aliphatic carbocycles. The predicted molar refractivity (Wildman–Crippen MR) is 81.3 cm³/mol. The van der Waals surface area contributed by atoms with Crippen LogP contribution in [0.3, 0.4) is 0 Å². The van der Waals surface area contributed by atoms with E-state index in [1.807, 2.05) is 32.0 Å². The number of benzene rings is 1. The first-order chi connectivity index (χ1) is 8.79. The first-order valence-electron chi connectivity index (χ1n) is 6.05. The molecule has 0 spiro atoms. The maximum Gasteiger partial charge on any atom is 0.214 e. The van der Waals surface area contributed by atoms with Crippen molar-refractivity contribution in [2.75, 3.05) is 18.7 Å². The maximum absolute atomic E-state index is 12.3. The monoisotopic (exact) mass is 323 g/mol. The number of nitrogens with zero attached hydrogens (tertiary/aromatic N) is 1. The first kappa shape index (κ1) is 16.8. The quantitative estimate of drug-likeness (QED) is 0.751.